The third-order valence-electron chi connectivity index (χ3n) is 3.78. The van der Waals surface area contributed by atoms with Crippen molar-refractivity contribution in [3.05, 3.63) is 46.9 Å². The maximum absolute atomic E-state index is 12.5. The van der Waals surface area contributed by atoms with Crippen LogP contribution < -0.4 is 9.46 Å². The van der Waals surface area contributed by atoms with Crippen molar-refractivity contribution in [2.45, 2.75) is 30.2 Å². The molecule has 1 aliphatic rings. The van der Waals surface area contributed by atoms with Crippen LogP contribution in [0.3, 0.4) is 0 Å². The molecule has 118 valence electrons. The van der Waals surface area contributed by atoms with Crippen molar-refractivity contribution < 1.29 is 17.6 Å². The second-order valence-electron chi connectivity index (χ2n) is 5.16. The fraction of sp³-hybridized carbons (Fsp3) is 0.333. The molecule has 1 heterocycles. The molecule has 5 nitrogen and oxygen atoms in total. The molecule has 1 aromatic heterocycles. The summed E-state index contributed by atoms with van der Waals surface area (Å²) >= 11 is 6.01. The maximum Gasteiger partial charge on any atom is 0.241 e. The van der Waals surface area contributed by atoms with Crippen LogP contribution in [0.25, 0.3) is 0 Å². The number of hydrogen-bond acceptors (Lipinski definition) is 4. The van der Waals surface area contributed by atoms with E-state index in [1.54, 1.807) is 12.3 Å². The molecule has 0 radical (unpaired) electrons. The number of rotatable bonds is 4. The third-order valence-corrected chi connectivity index (χ3v) is 5.55. The second-order valence-corrected chi connectivity index (χ2v) is 7.28. The monoisotopic (exact) mass is 341 g/mol. The fourth-order valence-corrected chi connectivity index (χ4v) is 4.28. The topological polar surface area (TPSA) is 68.5 Å². The minimum Gasteiger partial charge on any atom is -0.495 e. The SMILES string of the molecule is COc1ccc(S(=O)(=O)NC2CCCc3occc32)cc1Cl. The summed E-state index contributed by atoms with van der Waals surface area (Å²) in [5, 5.41) is 0.262. The van der Waals surface area contributed by atoms with Gasteiger partial charge in [0.25, 0.3) is 0 Å². The third kappa shape index (κ3) is 2.86. The van der Waals surface area contributed by atoms with Gasteiger partial charge in [0.05, 0.1) is 29.3 Å². The Bertz CT molecular complexity index is 785. The molecule has 22 heavy (non-hydrogen) atoms. The minimum atomic E-state index is -3.66. The Kier molecular flexibility index (Phi) is 4.16. The van der Waals surface area contributed by atoms with Crippen LogP contribution in [-0.4, -0.2) is 15.5 Å². The van der Waals surface area contributed by atoms with Crippen LogP contribution in [0.1, 0.15) is 30.2 Å². The van der Waals surface area contributed by atoms with E-state index < -0.39 is 10.0 Å². The normalized spacial score (nSPS) is 18.0. The van der Waals surface area contributed by atoms with Gasteiger partial charge in [0, 0.05) is 12.0 Å². The second kappa shape index (κ2) is 5.95. The molecule has 0 amide bonds. The predicted octanol–water partition coefficient (Wildman–Crippen LogP) is 3.30. The predicted molar refractivity (Wildman–Crippen MR) is 82.7 cm³/mol. The van der Waals surface area contributed by atoms with Crippen molar-refractivity contribution in [2.24, 2.45) is 0 Å². The molecular weight excluding hydrogens is 326 g/mol. The summed E-state index contributed by atoms with van der Waals surface area (Å²) < 4.78 is 38.2. The highest BCUT2D eigenvalue weighted by atomic mass is 35.5. The van der Waals surface area contributed by atoms with Gasteiger partial charge in [-0.2, -0.15) is 0 Å². The van der Waals surface area contributed by atoms with Crippen molar-refractivity contribution in [1.82, 2.24) is 4.72 Å². The minimum absolute atomic E-state index is 0.119. The number of benzene rings is 1. The lowest BCUT2D eigenvalue weighted by atomic mass is 9.94. The largest absolute Gasteiger partial charge is 0.495 e. The van der Waals surface area contributed by atoms with E-state index in [4.69, 9.17) is 20.8 Å². The van der Waals surface area contributed by atoms with Crippen LogP contribution in [0.5, 0.6) is 5.75 Å². The molecular formula is C15H16ClNO4S. The zero-order valence-electron chi connectivity index (χ0n) is 12.0. The summed E-state index contributed by atoms with van der Waals surface area (Å²) in [6.45, 7) is 0. The van der Waals surface area contributed by atoms with Gasteiger partial charge in [-0.3, -0.25) is 0 Å². The van der Waals surface area contributed by atoms with Crippen molar-refractivity contribution >= 4 is 21.6 Å². The van der Waals surface area contributed by atoms with Gasteiger partial charge in [-0.25, -0.2) is 13.1 Å². The molecule has 2 aromatic rings. The van der Waals surface area contributed by atoms with Gasteiger partial charge in [0.1, 0.15) is 11.5 Å². The molecule has 7 heteroatoms. The Morgan fingerprint density at radius 1 is 1.36 bits per heavy atom. The number of aryl methyl sites for hydroxylation is 1. The Labute approximate surface area is 134 Å². The van der Waals surface area contributed by atoms with E-state index in [0.29, 0.717) is 5.75 Å². The first kappa shape index (κ1) is 15.4. The van der Waals surface area contributed by atoms with E-state index in [-0.39, 0.29) is 16.0 Å². The van der Waals surface area contributed by atoms with Gasteiger partial charge >= 0.3 is 0 Å². The molecule has 1 unspecified atom stereocenters. The van der Waals surface area contributed by atoms with E-state index in [1.165, 1.54) is 19.2 Å². The molecule has 0 saturated carbocycles. The highest BCUT2D eigenvalue weighted by molar-refractivity contribution is 7.89. The van der Waals surface area contributed by atoms with Crippen LogP contribution >= 0.6 is 11.6 Å². The highest BCUT2D eigenvalue weighted by Gasteiger charge is 2.27. The lowest BCUT2D eigenvalue weighted by Gasteiger charge is -2.22. The summed E-state index contributed by atoms with van der Waals surface area (Å²) in [4.78, 5) is 0.119. The highest BCUT2D eigenvalue weighted by Crippen LogP contribution is 2.32. The molecule has 1 aliphatic carbocycles. The lowest BCUT2D eigenvalue weighted by molar-refractivity contribution is 0.414. The average molecular weight is 342 g/mol. The molecule has 0 aliphatic heterocycles. The van der Waals surface area contributed by atoms with E-state index in [2.05, 4.69) is 4.72 Å². The van der Waals surface area contributed by atoms with Crippen molar-refractivity contribution in [1.29, 1.82) is 0 Å². The fourth-order valence-electron chi connectivity index (χ4n) is 2.68. The molecule has 0 spiro atoms. The number of nitrogens with one attached hydrogen (secondary N) is 1. The molecule has 1 atom stereocenters. The summed E-state index contributed by atoms with van der Waals surface area (Å²) in [6.07, 6.45) is 4.07. The number of halogens is 1. The van der Waals surface area contributed by atoms with Crippen molar-refractivity contribution in [3.8, 4) is 5.75 Å². The Morgan fingerprint density at radius 2 is 2.18 bits per heavy atom. The van der Waals surface area contributed by atoms with Crippen LogP contribution in [0.2, 0.25) is 5.02 Å². The lowest BCUT2D eigenvalue weighted by Crippen LogP contribution is -2.30. The number of ether oxygens (including phenoxy) is 1. The maximum atomic E-state index is 12.5. The Balaban J connectivity index is 1.87. The average Bonchev–Trinajstić information content (AvgIpc) is 2.96. The van der Waals surface area contributed by atoms with Gasteiger partial charge < -0.3 is 9.15 Å². The van der Waals surface area contributed by atoms with Crippen molar-refractivity contribution in [2.75, 3.05) is 7.11 Å². The van der Waals surface area contributed by atoms with Gasteiger partial charge in [0.2, 0.25) is 10.0 Å². The van der Waals surface area contributed by atoms with E-state index in [0.717, 1.165) is 30.6 Å². The molecule has 3 rings (SSSR count). The van der Waals surface area contributed by atoms with Gasteiger partial charge in [-0.05, 0) is 37.1 Å². The molecule has 0 bridgehead atoms. The molecule has 0 saturated heterocycles. The zero-order valence-corrected chi connectivity index (χ0v) is 13.6. The molecule has 1 aromatic carbocycles. The number of sulfonamides is 1. The van der Waals surface area contributed by atoms with Gasteiger partial charge in [0.15, 0.2) is 0 Å². The molecule has 1 N–H and O–H groups in total. The summed E-state index contributed by atoms with van der Waals surface area (Å²) in [5.41, 5.74) is 0.912. The first-order valence-corrected chi connectivity index (χ1v) is 8.79. The van der Waals surface area contributed by atoms with E-state index in [1.807, 2.05) is 6.07 Å². The first-order valence-electron chi connectivity index (χ1n) is 6.93. The molecule has 0 fully saturated rings. The number of fused-ring (bicyclic) bond motifs is 1. The standard InChI is InChI=1S/C15H16ClNO4S/c1-20-15-6-5-10(9-12(15)16)22(18,19)17-13-3-2-4-14-11(13)7-8-21-14/h5-9,13,17H,2-4H2,1H3. The van der Waals surface area contributed by atoms with Crippen LogP contribution in [-0.2, 0) is 16.4 Å². The number of furan rings is 1. The number of methoxy groups -OCH3 is 1. The van der Waals surface area contributed by atoms with E-state index in [9.17, 15) is 8.42 Å². The van der Waals surface area contributed by atoms with Crippen molar-refractivity contribution in [3.63, 3.8) is 0 Å². The number of hydrogen-bond donors (Lipinski definition) is 1. The van der Waals surface area contributed by atoms with Crippen LogP contribution in [0.15, 0.2) is 39.8 Å². The quantitative estimate of drug-likeness (QED) is 0.926. The van der Waals surface area contributed by atoms with Gasteiger partial charge in [-0.15, -0.1) is 0 Å². The first-order chi connectivity index (χ1) is 10.5. The van der Waals surface area contributed by atoms with Crippen LogP contribution in [0.4, 0.5) is 0 Å². The summed E-state index contributed by atoms with van der Waals surface area (Å²) in [5.74, 6) is 1.29. The summed E-state index contributed by atoms with van der Waals surface area (Å²) in [6, 6.07) is 5.96. The summed E-state index contributed by atoms with van der Waals surface area (Å²) in [7, 11) is -2.18. The van der Waals surface area contributed by atoms with Gasteiger partial charge in [-0.1, -0.05) is 11.6 Å². The Hall–Kier alpha value is -1.50. The van der Waals surface area contributed by atoms with E-state index >= 15 is 0 Å². The van der Waals surface area contributed by atoms with Crippen LogP contribution in [0, 0.1) is 0 Å². The zero-order chi connectivity index (χ0) is 15.7. The Morgan fingerprint density at radius 3 is 2.91 bits per heavy atom. The smallest absolute Gasteiger partial charge is 0.241 e.